The third-order valence-electron chi connectivity index (χ3n) is 3.75. The molecule has 124 valence electrons. The molecule has 2 rings (SSSR count). The molecule has 1 aliphatic heterocycles. The zero-order valence-electron chi connectivity index (χ0n) is 12.5. The molecule has 1 aromatic rings. The Balaban J connectivity index is 0.00000242. The molecule has 0 aliphatic carbocycles. The lowest BCUT2D eigenvalue weighted by Gasteiger charge is -2.21. The topological polar surface area (TPSA) is 92.5 Å². The van der Waals surface area contributed by atoms with Gasteiger partial charge in [0.2, 0.25) is 10.0 Å². The van der Waals surface area contributed by atoms with Crippen molar-refractivity contribution in [3.8, 4) is 0 Å². The van der Waals surface area contributed by atoms with E-state index in [2.05, 4.69) is 5.32 Å². The smallest absolute Gasteiger partial charge is 0.289 e. The van der Waals surface area contributed by atoms with Crippen molar-refractivity contribution < 1.29 is 13.3 Å². The standard InChI is InChI=1S/C13H19N3O4S.ClH/c1-10-4-5-12(16(17)18)13(11(10)2)21(19,20)15-8-3-6-14-7-9-15;/h4-5,14H,3,6-9H2,1-2H3;1H. The lowest BCUT2D eigenvalue weighted by atomic mass is 10.1. The van der Waals surface area contributed by atoms with Gasteiger partial charge in [-0.3, -0.25) is 10.1 Å². The fourth-order valence-electron chi connectivity index (χ4n) is 2.44. The van der Waals surface area contributed by atoms with E-state index >= 15 is 0 Å². The predicted octanol–water partition coefficient (Wildman–Crippen LogP) is 1.62. The van der Waals surface area contributed by atoms with Crippen LogP contribution in [0, 0.1) is 24.0 Å². The van der Waals surface area contributed by atoms with Crippen LogP contribution < -0.4 is 5.32 Å². The summed E-state index contributed by atoms with van der Waals surface area (Å²) in [6.07, 6.45) is 0.692. The van der Waals surface area contributed by atoms with Crippen LogP contribution in [-0.4, -0.2) is 43.8 Å². The minimum absolute atomic E-state index is 0. The van der Waals surface area contributed by atoms with E-state index in [0.717, 1.165) is 12.1 Å². The van der Waals surface area contributed by atoms with E-state index in [1.54, 1.807) is 19.9 Å². The van der Waals surface area contributed by atoms with Gasteiger partial charge in [0.1, 0.15) is 0 Å². The van der Waals surface area contributed by atoms with Gasteiger partial charge in [0.05, 0.1) is 4.92 Å². The van der Waals surface area contributed by atoms with Crippen LogP contribution in [0.3, 0.4) is 0 Å². The average molecular weight is 350 g/mol. The number of benzene rings is 1. The van der Waals surface area contributed by atoms with E-state index in [9.17, 15) is 18.5 Å². The molecule has 0 spiro atoms. The molecule has 0 radical (unpaired) electrons. The number of nitrogens with zero attached hydrogens (tertiary/aromatic N) is 2. The summed E-state index contributed by atoms with van der Waals surface area (Å²) >= 11 is 0. The summed E-state index contributed by atoms with van der Waals surface area (Å²) in [5, 5.41) is 14.3. The summed E-state index contributed by atoms with van der Waals surface area (Å²) in [4.78, 5) is 10.4. The number of halogens is 1. The van der Waals surface area contributed by atoms with Gasteiger partial charge in [-0.05, 0) is 37.9 Å². The number of nitro benzene ring substituents is 1. The first-order valence-corrected chi connectivity index (χ1v) is 8.25. The Hall–Kier alpha value is -1.22. The van der Waals surface area contributed by atoms with Crippen molar-refractivity contribution in [2.75, 3.05) is 26.2 Å². The summed E-state index contributed by atoms with van der Waals surface area (Å²) in [5.41, 5.74) is 0.823. The molecule has 1 N–H and O–H groups in total. The van der Waals surface area contributed by atoms with Crippen molar-refractivity contribution >= 4 is 28.1 Å². The van der Waals surface area contributed by atoms with Gasteiger partial charge in [0, 0.05) is 25.7 Å². The molecule has 0 saturated carbocycles. The van der Waals surface area contributed by atoms with E-state index in [0.29, 0.717) is 31.6 Å². The molecule has 7 nitrogen and oxygen atoms in total. The van der Waals surface area contributed by atoms with Crippen LogP contribution in [0.25, 0.3) is 0 Å². The summed E-state index contributed by atoms with van der Waals surface area (Å²) in [6, 6.07) is 2.85. The molecule has 1 saturated heterocycles. The van der Waals surface area contributed by atoms with Crippen molar-refractivity contribution in [3.05, 3.63) is 33.4 Å². The first-order valence-electron chi connectivity index (χ1n) is 6.81. The highest BCUT2D eigenvalue weighted by atomic mass is 35.5. The molecule has 1 aliphatic rings. The number of nitrogens with one attached hydrogen (secondary N) is 1. The van der Waals surface area contributed by atoms with Crippen LogP contribution in [0.2, 0.25) is 0 Å². The normalized spacial score (nSPS) is 16.6. The highest BCUT2D eigenvalue weighted by Gasteiger charge is 2.34. The van der Waals surface area contributed by atoms with Gasteiger partial charge in [-0.25, -0.2) is 8.42 Å². The number of sulfonamides is 1. The average Bonchev–Trinajstić information content (AvgIpc) is 2.70. The van der Waals surface area contributed by atoms with Gasteiger partial charge in [0.25, 0.3) is 5.69 Å². The van der Waals surface area contributed by atoms with Crippen LogP contribution in [0.15, 0.2) is 17.0 Å². The summed E-state index contributed by atoms with van der Waals surface area (Å²) < 4.78 is 27.0. The maximum atomic E-state index is 12.8. The van der Waals surface area contributed by atoms with Gasteiger partial charge in [-0.15, -0.1) is 12.4 Å². The van der Waals surface area contributed by atoms with Gasteiger partial charge in [-0.2, -0.15) is 4.31 Å². The summed E-state index contributed by atoms with van der Waals surface area (Å²) in [6.45, 7) is 5.37. The fraction of sp³-hybridized carbons (Fsp3) is 0.538. The quantitative estimate of drug-likeness (QED) is 0.661. The molecule has 0 aromatic heterocycles. The predicted molar refractivity (Wildman–Crippen MR) is 86.1 cm³/mol. The third-order valence-corrected chi connectivity index (χ3v) is 5.83. The summed E-state index contributed by atoms with van der Waals surface area (Å²) in [5.74, 6) is 0. The van der Waals surface area contributed by atoms with E-state index in [1.807, 2.05) is 0 Å². The highest BCUT2D eigenvalue weighted by molar-refractivity contribution is 7.89. The molecule has 1 heterocycles. The molecule has 0 unspecified atom stereocenters. The number of aryl methyl sites for hydroxylation is 1. The molecule has 1 fully saturated rings. The second kappa shape index (κ2) is 7.36. The van der Waals surface area contributed by atoms with Crippen molar-refractivity contribution in [2.24, 2.45) is 0 Å². The molecule has 0 bridgehead atoms. The molecular formula is C13H20ClN3O4S. The highest BCUT2D eigenvalue weighted by Crippen LogP contribution is 2.31. The maximum absolute atomic E-state index is 12.8. The second-order valence-corrected chi connectivity index (χ2v) is 7.00. The Morgan fingerprint density at radius 1 is 1.23 bits per heavy atom. The van der Waals surface area contributed by atoms with Crippen molar-refractivity contribution in [1.82, 2.24) is 9.62 Å². The van der Waals surface area contributed by atoms with E-state index in [-0.39, 0.29) is 23.0 Å². The number of nitro groups is 1. The van der Waals surface area contributed by atoms with Crippen molar-refractivity contribution in [2.45, 2.75) is 25.2 Å². The Kier molecular flexibility index (Phi) is 6.30. The summed E-state index contributed by atoms with van der Waals surface area (Å²) in [7, 11) is -3.86. The molecule has 22 heavy (non-hydrogen) atoms. The van der Waals surface area contributed by atoms with Crippen LogP contribution >= 0.6 is 12.4 Å². The zero-order valence-corrected chi connectivity index (χ0v) is 14.2. The van der Waals surface area contributed by atoms with Gasteiger partial charge < -0.3 is 5.32 Å². The zero-order chi connectivity index (χ0) is 15.6. The number of hydrogen-bond donors (Lipinski definition) is 1. The van der Waals surface area contributed by atoms with Gasteiger partial charge in [0.15, 0.2) is 4.90 Å². The Labute approximate surface area is 136 Å². The molecule has 9 heteroatoms. The largest absolute Gasteiger partial charge is 0.315 e. The van der Waals surface area contributed by atoms with E-state index < -0.39 is 14.9 Å². The monoisotopic (exact) mass is 349 g/mol. The lowest BCUT2D eigenvalue weighted by Crippen LogP contribution is -2.35. The lowest BCUT2D eigenvalue weighted by molar-refractivity contribution is -0.388. The molecule has 0 amide bonds. The van der Waals surface area contributed by atoms with Crippen molar-refractivity contribution in [1.29, 1.82) is 0 Å². The fourth-order valence-corrected chi connectivity index (χ4v) is 4.35. The van der Waals surface area contributed by atoms with Gasteiger partial charge in [-0.1, -0.05) is 6.07 Å². The van der Waals surface area contributed by atoms with E-state index in [1.165, 1.54) is 10.4 Å². The molecule has 1 aromatic carbocycles. The Morgan fingerprint density at radius 3 is 2.55 bits per heavy atom. The van der Waals surface area contributed by atoms with Crippen LogP contribution in [-0.2, 0) is 10.0 Å². The van der Waals surface area contributed by atoms with E-state index in [4.69, 9.17) is 0 Å². The Bertz CT molecular complexity index is 655. The minimum Gasteiger partial charge on any atom is -0.315 e. The van der Waals surface area contributed by atoms with Crippen molar-refractivity contribution in [3.63, 3.8) is 0 Å². The molecule has 0 atom stereocenters. The van der Waals surface area contributed by atoms with Gasteiger partial charge >= 0.3 is 0 Å². The van der Waals surface area contributed by atoms with Crippen LogP contribution in [0.5, 0.6) is 0 Å². The second-order valence-electron chi connectivity index (χ2n) is 5.12. The third kappa shape index (κ3) is 3.57. The number of hydrogen-bond acceptors (Lipinski definition) is 5. The SMILES string of the molecule is Cc1ccc([N+](=O)[O-])c(S(=O)(=O)N2CCCNCC2)c1C.Cl. The maximum Gasteiger partial charge on any atom is 0.289 e. The minimum atomic E-state index is -3.86. The van der Waals surface area contributed by atoms with Crippen LogP contribution in [0.4, 0.5) is 5.69 Å². The first-order chi connectivity index (χ1) is 9.85. The van der Waals surface area contributed by atoms with Crippen LogP contribution in [0.1, 0.15) is 17.5 Å². The first kappa shape index (κ1) is 18.8. The Morgan fingerprint density at radius 2 is 1.91 bits per heavy atom. The molecular weight excluding hydrogens is 330 g/mol. The number of rotatable bonds is 3.